The summed E-state index contributed by atoms with van der Waals surface area (Å²) < 4.78 is 101. The topological polar surface area (TPSA) is 230 Å². The van der Waals surface area contributed by atoms with Crippen molar-refractivity contribution in [2.24, 2.45) is 0 Å². The van der Waals surface area contributed by atoms with Crippen LogP contribution in [0.25, 0.3) is 0 Å². The summed E-state index contributed by atoms with van der Waals surface area (Å²) in [5.74, 6) is 9.04. The predicted octanol–water partition coefficient (Wildman–Crippen LogP) is 17.1. The van der Waals surface area contributed by atoms with Gasteiger partial charge in [0.2, 0.25) is 0 Å². The molecule has 20 nitrogen and oxygen atoms in total. The average Bonchev–Trinajstić information content (AvgIpc) is 1.62. The monoisotopic (exact) mass is 1710 g/mol. The molecule has 11 aromatic carbocycles. The predicted molar refractivity (Wildman–Crippen MR) is 481 cm³/mol. The number of hydrogen-bond acceptors (Lipinski definition) is 20. The minimum atomic E-state index is -0.772. The molecule has 126 heavy (non-hydrogen) atoms. The van der Waals surface area contributed by atoms with Crippen LogP contribution in [0.4, 0.5) is 0 Å². The van der Waals surface area contributed by atoms with Gasteiger partial charge in [-0.1, -0.05) is 155 Å². The summed E-state index contributed by atoms with van der Waals surface area (Å²) in [5.41, 5.74) is 17.5. The van der Waals surface area contributed by atoms with Crippen LogP contribution >= 0.6 is 0 Å². The minimum absolute atomic E-state index is 0.134. The van der Waals surface area contributed by atoms with Gasteiger partial charge in [0.05, 0.1) is 46.2 Å². The van der Waals surface area contributed by atoms with Gasteiger partial charge in [0, 0.05) is 10.8 Å². The van der Waals surface area contributed by atoms with Gasteiger partial charge in [0.25, 0.3) is 0 Å². The summed E-state index contributed by atoms with van der Waals surface area (Å²) >= 11 is 0. The summed E-state index contributed by atoms with van der Waals surface area (Å²) in [4.78, 5) is 0. The number of aryl methyl sites for hydroxylation is 1. The molecule has 7 aliphatic heterocycles. The molecule has 0 radical (unpaired) electrons. The third-order valence-corrected chi connectivity index (χ3v) is 23.4. The molecular weight excluding hydrogens is 1590 g/mol. The summed E-state index contributed by atoms with van der Waals surface area (Å²) in [6.07, 6.45) is 3.40. The van der Waals surface area contributed by atoms with Crippen LogP contribution in [-0.2, 0) is 69.7 Å². The molecule has 0 aliphatic carbocycles. The van der Waals surface area contributed by atoms with E-state index in [1.54, 1.807) is 0 Å². The quantitative estimate of drug-likeness (QED) is 0.0338. The van der Waals surface area contributed by atoms with E-state index < -0.39 is 12.2 Å². The third-order valence-electron chi connectivity index (χ3n) is 23.4. The average molecular weight is 1710 g/mol. The lowest BCUT2D eigenvalue weighted by atomic mass is 9.78. The van der Waals surface area contributed by atoms with E-state index >= 15 is 0 Å². The summed E-state index contributed by atoms with van der Waals surface area (Å²) in [5, 5.41) is 20.9. The fourth-order valence-corrected chi connectivity index (χ4v) is 14.4. The minimum Gasteiger partial charge on any atom is -0.491 e. The maximum Gasteiger partial charge on any atom is 0.122 e. The second-order valence-corrected chi connectivity index (χ2v) is 34.6. The molecule has 0 saturated carbocycles. The Morgan fingerprint density at radius 1 is 0.262 bits per heavy atom. The molecule has 7 unspecified atom stereocenters. The van der Waals surface area contributed by atoms with E-state index in [1.807, 2.05) is 127 Å². The Kier molecular flexibility index (Phi) is 29.4. The molecule has 0 amide bonds. The van der Waals surface area contributed by atoms with Crippen molar-refractivity contribution in [2.75, 3.05) is 119 Å². The molecule has 0 aromatic heterocycles. The first-order valence-corrected chi connectivity index (χ1v) is 44.0. The highest BCUT2D eigenvalue weighted by atomic mass is 16.6. The van der Waals surface area contributed by atoms with E-state index in [0.717, 1.165) is 118 Å². The van der Waals surface area contributed by atoms with E-state index in [9.17, 15) is 10.2 Å². The Hall–Kier alpha value is -11.1. The fraction of sp³-hybridized carbons (Fsp3) is 0.377. The molecule has 7 atom stereocenters. The van der Waals surface area contributed by atoms with Gasteiger partial charge >= 0.3 is 0 Å². The second-order valence-electron chi connectivity index (χ2n) is 34.6. The van der Waals surface area contributed by atoms with Crippen LogP contribution in [0.1, 0.15) is 111 Å². The largest absolute Gasteiger partial charge is 0.491 e. The van der Waals surface area contributed by atoms with Crippen molar-refractivity contribution < 1.29 is 95.5 Å². The van der Waals surface area contributed by atoms with Gasteiger partial charge in [0.1, 0.15) is 191 Å². The van der Waals surface area contributed by atoms with Gasteiger partial charge in [-0.3, -0.25) is 0 Å². The molecular formula is C106H116O20. The van der Waals surface area contributed by atoms with Crippen molar-refractivity contribution in [1.82, 2.24) is 0 Å². The highest BCUT2D eigenvalue weighted by Crippen LogP contribution is 2.38. The molecule has 18 rings (SSSR count). The number of aliphatic hydroxyl groups is 2. The maximum absolute atomic E-state index is 10.5. The summed E-state index contributed by atoms with van der Waals surface area (Å²) in [6.45, 7) is 25.5. The lowest BCUT2D eigenvalue weighted by molar-refractivity contribution is 0.0626. The van der Waals surface area contributed by atoms with E-state index in [4.69, 9.17) is 85.3 Å². The third kappa shape index (κ3) is 27.2. The van der Waals surface area contributed by atoms with Crippen LogP contribution in [0.2, 0.25) is 0 Å². The standard InChI is InChI=1S/C39H44O7.C35H36O7.C32H36O6/c1-38(2,29-9-17-34(18-10-29)43-23-36-25-45-36)27-5-13-32(14-6-27)41-21-31(40)22-42-33-15-7-28(8-16-33)39(3,4)30-11-19-35(20-12-30)44-24-37-26-46-37;36-29(19-37-30-9-1-25(2-10-30)17-27-5-13-32(14-6-27)39-21-34-23-41-34)20-38-31-11-3-26(4-12-31)18-28-7-15-33(16-8-28)40-22-35-24-42-35;1-20-7-8-23(12-31(20)37-18-28-15-34-28)9-26-11-24(13-32(22(26)3)38-19-29-16-35-29)10-25-5-4-6-30(21(25)2)36-17-27-14-33-27/h5-20,31,36-37,40H,21-26H2,1-4H3;1-16,29,34-36H,17-24H2;4-8,11-13,27-29H,9-10,14-19H2,1-3H3. The number of epoxide rings is 7. The lowest BCUT2D eigenvalue weighted by Gasteiger charge is -2.26. The van der Waals surface area contributed by atoms with Crippen molar-refractivity contribution >= 4 is 0 Å². The van der Waals surface area contributed by atoms with Gasteiger partial charge in [-0.15, -0.1) is 0 Å². The van der Waals surface area contributed by atoms with Crippen LogP contribution in [-0.4, -0.2) is 184 Å². The summed E-state index contributed by atoms with van der Waals surface area (Å²) in [7, 11) is 0. The molecule has 7 aliphatic rings. The van der Waals surface area contributed by atoms with Gasteiger partial charge in [-0.05, 0) is 245 Å². The van der Waals surface area contributed by atoms with Crippen molar-refractivity contribution in [3.05, 3.63) is 326 Å². The van der Waals surface area contributed by atoms with Gasteiger partial charge in [0.15, 0.2) is 0 Å². The molecule has 7 fully saturated rings. The van der Waals surface area contributed by atoms with Crippen molar-refractivity contribution in [1.29, 1.82) is 0 Å². The smallest absolute Gasteiger partial charge is 0.122 e. The molecule has 0 spiro atoms. The summed E-state index contributed by atoms with van der Waals surface area (Å²) in [6, 6.07) is 82.1. The first-order chi connectivity index (χ1) is 61.3. The molecule has 20 heteroatoms. The van der Waals surface area contributed by atoms with Gasteiger partial charge in [-0.2, -0.15) is 0 Å². The second kappa shape index (κ2) is 42.0. The zero-order chi connectivity index (χ0) is 86.8. The Balaban J connectivity index is 0.000000140. The van der Waals surface area contributed by atoms with Gasteiger partial charge in [-0.25, -0.2) is 0 Å². The molecule has 7 saturated heterocycles. The van der Waals surface area contributed by atoms with E-state index in [0.29, 0.717) is 69.2 Å². The fourth-order valence-electron chi connectivity index (χ4n) is 14.4. The first-order valence-electron chi connectivity index (χ1n) is 44.0. The SMILES string of the molecule is CC(C)(c1ccc(OCC(O)COc2ccc(C(C)(C)c3ccc(OCC4CO4)cc3)cc2)cc1)c1ccc(OCC2CO2)cc1.Cc1ccc(Cc2cc(Cc3cccc(OCC4CO4)c3C)cc(OCC3CO3)c2C)cc1OCC1CO1.OC(COc1ccc(Cc2ccc(OCC3CO3)cc2)cc1)COc1ccc(Cc2ccc(OCC3CO3)cc2)cc1. The molecule has 11 aromatic rings. The lowest BCUT2D eigenvalue weighted by Crippen LogP contribution is -2.25. The van der Waals surface area contributed by atoms with E-state index in [1.165, 1.54) is 77.9 Å². The normalized spacial score (nSPS) is 18.9. The zero-order valence-corrected chi connectivity index (χ0v) is 73.1. The van der Waals surface area contributed by atoms with Crippen LogP contribution < -0.4 is 52.1 Å². The van der Waals surface area contributed by atoms with Crippen molar-refractivity contribution in [2.45, 2.75) is 140 Å². The number of aliphatic hydroxyl groups excluding tert-OH is 2. The van der Waals surface area contributed by atoms with E-state index in [-0.39, 0.29) is 80.0 Å². The Morgan fingerprint density at radius 2 is 0.516 bits per heavy atom. The number of rotatable bonds is 45. The zero-order valence-electron chi connectivity index (χ0n) is 73.1. The molecule has 2 N–H and O–H groups in total. The van der Waals surface area contributed by atoms with Crippen LogP contribution in [0, 0.1) is 20.8 Å². The molecule has 0 bridgehead atoms. The van der Waals surface area contributed by atoms with Crippen LogP contribution in [0.3, 0.4) is 0 Å². The highest BCUT2D eigenvalue weighted by Gasteiger charge is 2.31. The highest BCUT2D eigenvalue weighted by molar-refractivity contribution is 5.51. The number of hydrogen-bond donors (Lipinski definition) is 2. The van der Waals surface area contributed by atoms with Gasteiger partial charge < -0.3 is 95.5 Å². The van der Waals surface area contributed by atoms with Crippen LogP contribution in [0.5, 0.6) is 63.2 Å². The Bertz CT molecular complexity index is 5020. The number of benzene rings is 11. The number of ether oxygens (including phenoxy) is 18. The molecule has 7 heterocycles. The van der Waals surface area contributed by atoms with Crippen molar-refractivity contribution in [3.8, 4) is 63.2 Å². The Morgan fingerprint density at radius 3 is 0.833 bits per heavy atom. The van der Waals surface area contributed by atoms with Crippen molar-refractivity contribution in [3.63, 3.8) is 0 Å². The maximum atomic E-state index is 10.5. The van der Waals surface area contributed by atoms with Crippen LogP contribution in [0.15, 0.2) is 243 Å². The van der Waals surface area contributed by atoms with E-state index in [2.05, 4.69) is 164 Å². The Labute approximate surface area is 739 Å². The molecule has 660 valence electrons. The first kappa shape index (κ1) is 88.3.